The van der Waals surface area contributed by atoms with E-state index >= 15 is 0 Å². The van der Waals surface area contributed by atoms with Crippen molar-refractivity contribution in [1.82, 2.24) is 9.80 Å². The van der Waals surface area contributed by atoms with Gasteiger partial charge in [-0.15, -0.1) is 0 Å². The number of nitrogens with zero attached hydrogens (tertiary/aromatic N) is 2. The molecule has 0 aromatic heterocycles. The van der Waals surface area contributed by atoms with Crippen LogP contribution in [0.15, 0.2) is 58.3 Å². The summed E-state index contributed by atoms with van der Waals surface area (Å²) in [4.78, 5) is 31.1. The highest BCUT2D eigenvalue weighted by Crippen LogP contribution is 2.38. The molecule has 0 aliphatic carbocycles. The van der Waals surface area contributed by atoms with Crippen LogP contribution in [-0.4, -0.2) is 74.2 Å². The van der Waals surface area contributed by atoms with Gasteiger partial charge in [0.15, 0.2) is 0 Å². The summed E-state index contributed by atoms with van der Waals surface area (Å²) in [7, 11) is 3.17. The number of hydrogen-bond donors (Lipinski definition) is 0. The van der Waals surface area contributed by atoms with E-state index < -0.39 is 0 Å². The van der Waals surface area contributed by atoms with Crippen molar-refractivity contribution in [2.75, 3.05) is 52.6 Å². The predicted octanol–water partition coefficient (Wildman–Crippen LogP) is 3.43. The Labute approximate surface area is 184 Å². The van der Waals surface area contributed by atoms with E-state index in [4.69, 9.17) is 9.47 Å². The molecule has 2 amide bonds. The molecule has 0 spiro atoms. The molecule has 2 aliphatic heterocycles. The highest BCUT2D eigenvalue weighted by Gasteiger charge is 2.20. The fourth-order valence-corrected chi connectivity index (χ4v) is 5.37. The maximum absolute atomic E-state index is 12.7. The van der Waals surface area contributed by atoms with Crippen molar-refractivity contribution in [3.05, 3.63) is 59.7 Å². The first kappa shape index (κ1) is 21.2. The summed E-state index contributed by atoms with van der Waals surface area (Å²) >= 11 is 0. The lowest BCUT2D eigenvalue weighted by Gasteiger charge is -2.27. The molecular weight excluding hydrogens is 420 g/mol. The third-order valence-electron chi connectivity index (χ3n) is 4.99. The van der Waals surface area contributed by atoms with Crippen LogP contribution in [0.1, 0.15) is 20.7 Å². The molecular formula is C22H24N2O4S2. The molecule has 2 saturated heterocycles. The van der Waals surface area contributed by atoms with Crippen LogP contribution in [0, 0.1) is 0 Å². The Morgan fingerprint density at radius 3 is 1.47 bits per heavy atom. The minimum atomic E-state index is 0.0452. The number of morpholine rings is 2. The zero-order valence-corrected chi connectivity index (χ0v) is 18.3. The molecule has 0 radical (unpaired) electrons. The standard InChI is InChI=1S/C22H24N2O4S2/c25-21(23-7-11-27-12-8-23)17-3-1-5-19(15-17)29-30-20-6-2-4-18(16-20)22(26)24-9-13-28-14-10-24/h1-6,15-16H,7-14H2. The number of carbonyl (C=O) groups is 2. The van der Waals surface area contributed by atoms with E-state index in [1.165, 1.54) is 0 Å². The molecule has 0 N–H and O–H groups in total. The molecule has 30 heavy (non-hydrogen) atoms. The molecule has 2 heterocycles. The summed E-state index contributed by atoms with van der Waals surface area (Å²) in [5, 5.41) is 0. The van der Waals surface area contributed by atoms with E-state index in [-0.39, 0.29) is 11.8 Å². The maximum atomic E-state index is 12.7. The van der Waals surface area contributed by atoms with Crippen LogP contribution in [0.2, 0.25) is 0 Å². The highest BCUT2D eigenvalue weighted by atomic mass is 33.1. The molecule has 4 rings (SSSR count). The van der Waals surface area contributed by atoms with Crippen LogP contribution in [0.4, 0.5) is 0 Å². The molecule has 8 heteroatoms. The average Bonchev–Trinajstić information content (AvgIpc) is 2.83. The zero-order valence-electron chi connectivity index (χ0n) is 16.6. The van der Waals surface area contributed by atoms with Gasteiger partial charge < -0.3 is 19.3 Å². The Hall–Kier alpha value is -2.00. The van der Waals surface area contributed by atoms with E-state index in [9.17, 15) is 9.59 Å². The topological polar surface area (TPSA) is 59.1 Å². The van der Waals surface area contributed by atoms with E-state index in [1.807, 2.05) is 58.3 Å². The van der Waals surface area contributed by atoms with Crippen LogP contribution in [0.3, 0.4) is 0 Å². The van der Waals surface area contributed by atoms with E-state index in [0.717, 1.165) is 9.79 Å². The van der Waals surface area contributed by atoms with Crippen LogP contribution in [-0.2, 0) is 9.47 Å². The van der Waals surface area contributed by atoms with Gasteiger partial charge in [0.2, 0.25) is 0 Å². The summed E-state index contributed by atoms with van der Waals surface area (Å²) in [6, 6.07) is 15.4. The van der Waals surface area contributed by atoms with Gasteiger partial charge in [0.25, 0.3) is 11.8 Å². The third-order valence-corrected chi connectivity index (χ3v) is 7.37. The Morgan fingerprint density at radius 1 is 0.667 bits per heavy atom. The lowest BCUT2D eigenvalue weighted by molar-refractivity contribution is 0.0301. The Kier molecular flexibility index (Phi) is 7.33. The van der Waals surface area contributed by atoms with Crippen molar-refractivity contribution >= 4 is 33.4 Å². The van der Waals surface area contributed by atoms with E-state index in [1.54, 1.807) is 21.6 Å². The molecule has 0 atom stereocenters. The van der Waals surface area contributed by atoms with Gasteiger partial charge in [0, 0.05) is 47.1 Å². The lowest BCUT2D eigenvalue weighted by Crippen LogP contribution is -2.40. The summed E-state index contributed by atoms with van der Waals surface area (Å²) < 4.78 is 10.7. The molecule has 6 nitrogen and oxygen atoms in total. The Bertz CT molecular complexity index is 823. The molecule has 2 aromatic carbocycles. The summed E-state index contributed by atoms with van der Waals surface area (Å²) in [6.07, 6.45) is 0. The zero-order chi connectivity index (χ0) is 20.8. The second-order valence-electron chi connectivity index (χ2n) is 7.03. The minimum absolute atomic E-state index is 0.0452. The molecule has 2 aromatic rings. The number of benzene rings is 2. The Morgan fingerprint density at radius 2 is 1.07 bits per heavy atom. The van der Waals surface area contributed by atoms with Crippen LogP contribution in [0.5, 0.6) is 0 Å². The molecule has 158 valence electrons. The highest BCUT2D eigenvalue weighted by molar-refractivity contribution is 8.76. The van der Waals surface area contributed by atoms with Gasteiger partial charge in [-0.25, -0.2) is 0 Å². The molecule has 0 unspecified atom stereocenters. The third kappa shape index (κ3) is 5.37. The average molecular weight is 445 g/mol. The quantitative estimate of drug-likeness (QED) is 0.659. The van der Waals surface area contributed by atoms with Crippen molar-refractivity contribution in [2.45, 2.75) is 9.79 Å². The SMILES string of the molecule is O=C(c1cccc(SSc2cccc(C(=O)N3CCOCC3)c2)c1)N1CCOCC1. The van der Waals surface area contributed by atoms with E-state index in [0.29, 0.717) is 63.7 Å². The number of ether oxygens (including phenoxy) is 2. The number of rotatable bonds is 5. The normalized spacial score (nSPS) is 17.1. The summed E-state index contributed by atoms with van der Waals surface area (Å²) in [5.41, 5.74) is 1.39. The van der Waals surface area contributed by atoms with Crippen molar-refractivity contribution in [1.29, 1.82) is 0 Å². The van der Waals surface area contributed by atoms with E-state index in [2.05, 4.69) is 0 Å². The van der Waals surface area contributed by atoms with Crippen molar-refractivity contribution < 1.29 is 19.1 Å². The van der Waals surface area contributed by atoms with Crippen LogP contribution >= 0.6 is 21.6 Å². The largest absolute Gasteiger partial charge is 0.378 e. The van der Waals surface area contributed by atoms with Crippen molar-refractivity contribution in [3.63, 3.8) is 0 Å². The van der Waals surface area contributed by atoms with Gasteiger partial charge in [-0.05, 0) is 36.4 Å². The fourth-order valence-electron chi connectivity index (χ4n) is 3.36. The van der Waals surface area contributed by atoms with Crippen LogP contribution < -0.4 is 0 Å². The van der Waals surface area contributed by atoms with Gasteiger partial charge in [0.1, 0.15) is 0 Å². The summed E-state index contributed by atoms with van der Waals surface area (Å²) in [5.74, 6) is 0.0905. The molecule has 0 bridgehead atoms. The van der Waals surface area contributed by atoms with Gasteiger partial charge in [-0.3, -0.25) is 9.59 Å². The van der Waals surface area contributed by atoms with Gasteiger partial charge in [-0.1, -0.05) is 33.7 Å². The molecule has 2 fully saturated rings. The first-order chi connectivity index (χ1) is 14.7. The van der Waals surface area contributed by atoms with Crippen molar-refractivity contribution in [3.8, 4) is 0 Å². The number of hydrogen-bond acceptors (Lipinski definition) is 6. The van der Waals surface area contributed by atoms with Crippen LogP contribution in [0.25, 0.3) is 0 Å². The lowest BCUT2D eigenvalue weighted by atomic mass is 10.2. The van der Waals surface area contributed by atoms with Crippen molar-refractivity contribution in [2.24, 2.45) is 0 Å². The monoisotopic (exact) mass is 444 g/mol. The first-order valence-corrected chi connectivity index (χ1v) is 12.1. The number of carbonyl (C=O) groups excluding carboxylic acids is 2. The minimum Gasteiger partial charge on any atom is -0.378 e. The first-order valence-electron chi connectivity index (χ1n) is 9.99. The predicted molar refractivity (Wildman–Crippen MR) is 118 cm³/mol. The molecule has 0 saturated carbocycles. The maximum Gasteiger partial charge on any atom is 0.254 e. The smallest absolute Gasteiger partial charge is 0.254 e. The number of amides is 2. The Balaban J connectivity index is 1.39. The second-order valence-corrected chi connectivity index (χ2v) is 9.31. The summed E-state index contributed by atoms with van der Waals surface area (Å²) in [6.45, 7) is 4.91. The van der Waals surface area contributed by atoms with Gasteiger partial charge in [-0.2, -0.15) is 0 Å². The fraction of sp³-hybridized carbons (Fsp3) is 0.364. The second kappa shape index (κ2) is 10.3. The van der Waals surface area contributed by atoms with Gasteiger partial charge >= 0.3 is 0 Å². The molecule has 2 aliphatic rings. The van der Waals surface area contributed by atoms with Gasteiger partial charge in [0.05, 0.1) is 26.4 Å².